The molecule has 0 spiro atoms. The van der Waals surface area contributed by atoms with Crippen molar-refractivity contribution in [1.29, 1.82) is 5.26 Å². The highest BCUT2D eigenvalue weighted by molar-refractivity contribution is 6.30. The van der Waals surface area contributed by atoms with Gasteiger partial charge in [-0.05, 0) is 24.3 Å². The molecule has 6 heteroatoms. The normalized spacial score (nSPS) is 9.65. The zero-order valence-corrected chi connectivity index (χ0v) is 11.3. The first kappa shape index (κ1) is 13.8. The van der Waals surface area contributed by atoms with E-state index in [0.29, 0.717) is 22.0 Å². The molecule has 1 amide bonds. The van der Waals surface area contributed by atoms with Crippen molar-refractivity contribution in [2.24, 2.45) is 0 Å². The first-order valence-electron chi connectivity index (χ1n) is 5.65. The van der Waals surface area contributed by atoms with Crippen LogP contribution >= 0.6 is 11.6 Å². The number of carbonyl (C=O) groups excluding carboxylic acids is 1. The Labute approximate surface area is 120 Å². The predicted molar refractivity (Wildman–Crippen MR) is 74.9 cm³/mol. The number of amides is 1. The van der Waals surface area contributed by atoms with Crippen LogP contribution in [-0.2, 0) is 0 Å². The Bertz CT molecular complexity index is 678. The molecule has 5 nitrogen and oxygen atoms in total. The zero-order valence-electron chi connectivity index (χ0n) is 10.6. The van der Waals surface area contributed by atoms with Crippen LogP contribution in [0, 0.1) is 11.3 Å². The SMILES string of the molecule is COc1cc(C#N)ccc1NC(=O)c1ccc(Cl)cn1. The molecule has 0 aliphatic rings. The van der Waals surface area contributed by atoms with Gasteiger partial charge in [-0.3, -0.25) is 4.79 Å². The van der Waals surface area contributed by atoms with E-state index in [1.807, 2.05) is 6.07 Å². The Morgan fingerprint density at radius 2 is 2.20 bits per heavy atom. The summed E-state index contributed by atoms with van der Waals surface area (Å²) in [5.74, 6) is 0.0241. The molecule has 100 valence electrons. The smallest absolute Gasteiger partial charge is 0.274 e. The summed E-state index contributed by atoms with van der Waals surface area (Å²) < 4.78 is 5.14. The zero-order chi connectivity index (χ0) is 14.5. The number of nitrogens with one attached hydrogen (secondary N) is 1. The summed E-state index contributed by atoms with van der Waals surface area (Å²) in [6.45, 7) is 0. The molecule has 0 bridgehead atoms. The van der Waals surface area contributed by atoms with Crippen LogP contribution in [0.1, 0.15) is 16.1 Å². The van der Waals surface area contributed by atoms with Crippen LogP contribution in [0.15, 0.2) is 36.5 Å². The number of halogens is 1. The Balaban J connectivity index is 2.23. The van der Waals surface area contributed by atoms with Gasteiger partial charge >= 0.3 is 0 Å². The third-order valence-electron chi connectivity index (χ3n) is 2.54. The summed E-state index contributed by atoms with van der Waals surface area (Å²) in [6, 6.07) is 9.84. The number of nitriles is 1. The average molecular weight is 288 g/mol. The van der Waals surface area contributed by atoms with Crippen molar-refractivity contribution >= 4 is 23.2 Å². The first-order chi connectivity index (χ1) is 9.63. The molecule has 1 aromatic carbocycles. The van der Waals surface area contributed by atoms with Crippen molar-refractivity contribution in [3.63, 3.8) is 0 Å². The van der Waals surface area contributed by atoms with Gasteiger partial charge in [-0.15, -0.1) is 0 Å². The van der Waals surface area contributed by atoms with E-state index < -0.39 is 0 Å². The molecular weight excluding hydrogens is 278 g/mol. The number of hydrogen-bond donors (Lipinski definition) is 1. The third kappa shape index (κ3) is 3.05. The van der Waals surface area contributed by atoms with Crippen LogP contribution in [-0.4, -0.2) is 18.0 Å². The highest BCUT2D eigenvalue weighted by atomic mass is 35.5. The standard InChI is InChI=1S/C14H10ClN3O2/c1-20-13-6-9(7-16)2-4-11(13)18-14(19)12-5-3-10(15)8-17-12/h2-6,8H,1H3,(H,18,19). The average Bonchev–Trinajstić information content (AvgIpc) is 2.48. The highest BCUT2D eigenvalue weighted by Gasteiger charge is 2.11. The Kier molecular flexibility index (Phi) is 4.18. The molecule has 2 aromatic rings. The van der Waals surface area contributed by atoms with Crippen molar-refractivity contribution in [3.8, 4) is 11.8 Å². The van der Waals surface area contributed by atoms with E-state index in [4.69, 9.17) is 21.6 Å². The minimum absolute atomic E-state index is 0.237. The van der Waals surface area contributed by atoms with Crippen molar-refractivity contribution in [1.82, 2.24) is 4.98 Å². The van der Waals surface area contributed by atoms with Gasteiger partial charge in [-0.25, -0.2) is 4.98 Å². The number of nitrogens with zero attached hydrogens (tertiary/aromatic N) is 2. The fraction of sp³-hybridized carbons (Fsp3) is 0.0714. The summed E-state index contributed by atoms with van der Waals surface area (Å²) in [7, 11) is 1.46. The maximum atomic E-state index is 12.0. The molecule has 1 heterocycles. The number of aromatic nitrogens is 1. The molecular formula is C14H10ClN3O2. The van der Waals surface area contributed by atoms with E-state index in [2.05, 4.69) is 10.3 Å². The fourth-order valence-corrected chi connectivity index (χ4v) is 1.67. The Morgan fingerprint density at radius 3 is 2.80 bits per heavy atom. The van der Waals surface area contributed by atoms with E-state index in [1.54, 1.807) is 24.3 Å². The van der Waals surface area contributed by atoms with Gasteiger partial charge in [0.05, 0.1) is 29.5 Å². The van der Waals surface area contributed by atoms with Gasteiger partial charge < -0.3 is 10.1 Å². The van der Waals surface area contributed by atoms with Crippen LogP contribution in [0.3, 0.4) is 0 Å². The summed E-state index contributed by atoms with van der Waals surface area (Å²) in [6.07, 6.45) is 1.40. The van der Waals surface area contributed by atoms with E-state index in [0.717, 1.165) is 0 Å². The number of hydrogen-bond acceptors (Lipinski definition) is 4. The molecule has 0 unspecified atom stereocenters. The van der Waals surface area contributed by atoms with E-state index >= 15 is 0 Å². The van der Waals surface area contributed by atoms with E-state index in [9.17, 15) is 4.79 Å². The molecule has 0 aliphatic heterocycles. The third-order valence-corrected chi connectivity index (χ3v) is 2.76. The lowest BCUT2D eigenvalue weighted by atomic mass is 10.2. The second kappa shape index (κ2) is 6.04. The lowest BCUT2D eigenvalue weighted by Gasteiger charge is -2.10. The number of pyridine rings is 1. The summed E-state index contributed by atoms with van der Waals surface area (Å²) >= 11 is 5.71. The minimum atomic E-state index is -0.385. The maximum Gasteiger partial charge on any atom is 0.274 e. The van der Waals surface area contributed by atoms with E-state index in [-0.39, 0.29) is 11.6 Å². The van der Waals surface area contributed by atoms with Crippen LogP contribution in [0.4, 0.5) is 5.69 Å². The molecule has 0 atom stereocenters. The molecule has 1 N–H and O–H groups in total. The maximum absolute atomic E-state index is 12.0. The number of rotatable bonds is 3. The van der Waals surface area contributed by atoms with Crippen LogP contribution in [0.5, 0.6) is 5.75 Å². The monoisotopic (exact) mass is 287 g/mol. The van der Waals surface area contributed by atoms with Gasteiger partial charge in [0.1, 0.15) is 11.4 Å². The van der Waals surface area contributed by atoms with Crippen molar-refractivity contribution in [2.45, 2.75) is 0 Å². The number of benzene rings is 1. The summed E-state index contributed by atoms with van der Waals surface area (Å²) in [5, 5.41) is 11.9. The van der Waals surface area contributed by atoms with Crippen molar-refractivity contribution in [3.05, 3.63) is 52.8 Å². The number of methoxy groups -OCH3 is 1. The summed E-state index contributed by atoms with van der Waals surface area (Å²) in [4.78, 5) is 15.9. The number of carbonyl (C=O) groups is 1. The largest absolute Gasteiger partial charge is 0.495 e. The van der Waals surface area contributed by atoms with Crippen LogP contribution in [0.25, 0.3) is 0 Å². The highest BCUT2D eigenvalue weighted by Crippen LogP contribution is 2.25. The fourth-order valence-electron chi connectivity index (χ4n) is 1.56. The van der Waals surface area contributed by atoms with Crippen LogP contribution < -0.4 is 10.1 Å². The van der Waals surface area contributed by atoms with Gasteiger partial charge in [-0.2, -0.15) is 5.26 Å². The second-order valence-corrected chi connectivity index (χ2v) is 4.28. The Hall–Kier alpha value is -2.58. The van der Waals surface area contributed by atoms with Gasteiger partial charge in [0.2, 0.25) is 0 Å². The van der Waals surface area contributed by atoms with Crippen LogP contribution in [0.2, 0.25) is 5.02 Å². The topological polar surface area (TPSA) is 75.0 Å². The lowest BCUT2D eigenvalue weighted by Crippen LogP contribution is -2.14. The number of ether oxygens (including phenoxy) is 1. The molecule has 0 saturated carbocycles. The molecule has 0 fully saturated rings. The Morgan fingerprint density at radius 1 is 1.40 bits per heavy atom. The minimum Gasteiger partial charge on any atom is -0.495 e. The van der Waals surface area contributed by atoms with Gasteiger partial charge in [0.25, 0.3) is 5.91 Å². The molecule has 0 radical (unpaired) electrons. The second-order valence-electron chi connectivity index (χ2n) is 3.84. The van der Waals surface area contributed by atoms with Crippen molar-refractivity contribution in [2.75, 3.05) is 12.4 Å². The summed E-state index contributed by atoms with van der Waals surface area (Å²) in [5.41, 5.74) is 1.15. The molecule has 2 rings (SSSR count). The predicted octanol–water partition coefficient (Wildman–Crippen LogP) is 2.87. The molecule has 1 aromatic heterocycles. The quantitative estimate of drug-likeness (QED) is 0.942. The van der Waals surface area contributed by atoms with Crippen molar-refractivity contribution < 1.29 is 9.53 Å². The molecule has 0 aliphatic carbocycles. The first-order valence-corrected chi connectivity index (χ1v) is 6.03. The number of anilines is 1. The molecule has 0 saturated heterocycles. The molecule has 20 heavy (non-hydrogen) atoms. The van der Waals surface area contributed by atoms with Gasteiger partial charge in [0.15, 0.2) is 0 Å². The van der Waals surface area contributed by atoms with Gasteiger partial charge in [0, 0.05) is 12.3 Å². The van der Waals surface area contributed by atoms with E-state index in [1.165, 1.54) is 19.4 Å². The lowest BCUT2D eigenvalue weighted by molar-refractivity contribution is 0.102. The van der Waals surface area contributed by atoms with Gasteiger partial charge in [-0.1, -0.05) is 11.6 Å².